The zero-order valence-corrected chi connectivity index (χ0v) is 11.6. The lowest BCUT2D eigenvalue weighted by Crippen LogP contribution is -2.27. The molecular weight excluding hydrogens is 248 g/mol. The Kier molecular flexibility index (Phi) is 5.26. The Balaban J connectivity index is 1.74. The van der Waals surface area contributed by atoms with E-state index >= 15 is 0 Å². The minimum Gasteiger partial charge on any atom is -0.481 e. The van der Waals surface area contributed by atoms with Crippen molar-refractivity contribution in [1.29, 1.82) is 0 Å². The van der Waals surface area contributed by atoms with Crippen LogP contribution in [-0.4, -0.2) is 24.0 Å². The van der Waals surface area contributed by atoms with E-state index < -0.39 is 0 Å². The topological polar surface area (TPSA) is 34.1 Å². The van der Waals surface area contributed by atoms with Crippen molar-refractivity contribution in [2.75, 3.05) is 13.7 Å². The number of nitrogens with zero attached hydrogens (tertiary/aromatic N) is 1. The molecule has 1 fully saturated rings. The molecule has 1 aromatic rings. The number of hydrogen-bond acceptors (Lipinski definition) is 3. The Morgan fingerprint density at radius 3 is 3.11 bits per heavy atom. The van der Waals surface area contributed by atoms with Gasteiger partial charge in [0, 0.05) is 18.0 Å². The molecule has 1 heterocycles. The average Bonchev–Trinajstić information content (AvgIpc) is 2.39. The number of aromatic nitrogens is 1. The van der Waals surface area contributed by atoms with Crippen molar-refractivity contribution < 1.29 is 4.74 Å². The maximum absolute atomic E-state index is 6.19. The van der Waals surface area contributed by atoms with Crippen LogP contribution in [0, 0.1) is 5.92 Å². The van der Waals surface area contributed by atoms with E-state index in [1.165, 1.54) is 19.3 Å². The second kappa shape index (κ2) is 6.95. The first-order valence-electron chi connectivity index (χ1n) is 6.62. The van der Waals surface area contributed by atoms with Crippen molar-refractivity contribution in [3.05, 3.63) is 23.9 Å². The van der Waals surface area contributed by atoms with Gasteiger partial charge in [-0.3, -0.25) is 0 Å². The summed E-state index contributed by atoms with van der Waals surface area (Å²) in [4.78, 5) is 4.38. The highest BCUT2D eigenvalue weighted by molar-refractivity contribution is 6.20. The minimum absolute atomic E-state index is 0.375. The molecule has 2 atom stereocenters. The van der Waals surface area contributed by atoms with Crippen LogP contribution < -0.4 is 10.1 Å². The molecule has 1 aliphatic rings. The fourth-order valence-electron chi connectivity index (χ4n) is 2.48. The Hall–Kier alpha value is -0.800. The number of pyridine rings is 1. The fraction of sp³-hybridized carbons (Fsp3) is 0.643. The normalized spacial score (nSPS) is 23.9. The number of halogens is 1. The summed E-state index contributed by atoms with van der Waals surface area (Å²) >= 11 is 6.19. The summed E-state index contributed by atoms with van der Waals surface area (Å²) in [5.74, 6) is 1.39. The van der Waals surface area contributed by atoms with Gasteiger partial charge in [-0.05, 0) is 37.8 Å². The number of rotatable bonds is 5. The molecule has 2 rings (SSSR count). The standard InChI is InChI=1S/C14H21ClN2O/c1-18-14-7-3-6-13(17-14)10-16-9-11-4-2-5-12(15)8-11/h3,6-7,11-12,16H,2,4-5,8-10H2,1H3. The summed E-state index contributed by atoms with van der Waals surface area (Å²) in [6, 6.07) is 5.85. The number of alkyl halides is 1. The lowest BCUT2D eigenvalue weighted by molar-refractivity contribution is 0.345. The highest BCUT2D eigenvalue weighted by Gasteiger charge is 2.19. The predicted molar refractivity (Wildman–Crippen MR) is 74.1 cm³/mol. The largest absolute Gasteiger partial charge is 0.481 e. The second-order valence-corrected chi connectivity index (χ2v) is 5.55. The Labute approximate surface area is 114 Å². The van der Waals surface area contributed by atoms with E-state index in [0.717, 1.165) is 25.2 Å². The van der Waals surface area contributed by atoms with Crippen LogP contribution in [0.25, 0.3) is 0 Å². The smallest absolute Gasteiger partial charge is 0.213 e. The Bertz CT molecular complexity index is 373. The minimum atomic E-state index is 0.375. The van der Waals surface area contributed by atoms with Gasteiger partial charge in [0.05, 0.1) is 12.8 Å². The molecule has 0 aromatic carbocycles. The van der Waals surface area contributed by atoms with E-state index in [9.17, 15) is 0 Å². The van der Waals surface area contributed by atoms with Crippen molar-refractivity contribution >= 4 is 11.6 Å². The zero-order chi connectivity index (χ0) is 12.8. The van der Waals surface area contributed by atoms with Crippen molar-refractivity contribution in [2.24, 2.45) is 5.92 Å². The van der Waals surface area contributed by atoms with Crippen LogP contribution in [0.15, 0.2) is 18.2 Å². The van der Waals surface area contributed by atoms with Crippen LogP contribution >= 0.6 is 11.6 Å². The molecule has 0 spiro atoms. The first-order valence-corrected chi connectivity index (χ1v) is 7.06. The van der Waals surface area contributed by atoms with E-state index in [4.69, 9.17) is 16.3 Å². The van der Waals surface area contributed by atoms with Gasteiger partial charge in [0.15, 0.2) is 0 Å². The lowest BCUT2D eigenvalue weighted by Gasteiger charge is -2.25. The Morgan fingerprint density at radius 2 is 2.33 bits per heavy atom. The monoisotopic (exact) mass is 268 g/mol. The number of hydrogen-bond donors (Lipinski definition) is 1. The molecular formula is C14H21ClN2O. The fourth-order valence-corrected chi connectivity index (χ4v) is 2.89. The molecule has 4 heteroatoms. The third-order valence-electron chi connectivity index (χ3n) is 3.45. The van der Waals surface area contributed by atoms with E-state index in [1.54, 1.807) is 7.11 Å². The van der Waals surface area contributed by atoms with Gasteiger partial charge < -0.3 is 10.1 Å². The molecule has 1 aromatic heterocycles. The van der Waals surface area contributed by atoms with Crippen LogP contribution in [0.3, 0.4) is 0 Å². The van der Waals surface area contributed by atoms with Crippen molar-refractivity contribution in [1.82, 2.24) is 10.3 Å². The maximum atomic E-state index is 6.19. The maximum Gasteiger partial charge on any atom is 0.213 e. The molecule has 1 saturated carbocycles. The molecule has 3 nitrogen and oxygen atoms in total. The number of nitrogens with one attached hydrogen (secondary N) is 1. The van der Waals surface area contributed by atoms with Crippen LogP contribution in [0.5, 0.6) is 5.88 Å². The number of methoxy groups -OCH3 is 1. The van der Waals surface area contributed by atoms with Crippen molar-refractivity contribution in [2.45, 2.75) is 37.6 Å². The van der Waals surface area contributed by atoms with E-state index in [-0.39, 0.29) is 0 Å². The van der Waals surface area contributed by atoms with Gasteiger partial charge in [0.25, 0.3) is 0 Å². The summed E-state index contributed by atoms with van der Waals surface area (Å²) in [6.07, 6.45) is 4.87. The summed E-state index contributed by atoms with van der Waals surface area (Å²) in [5, 5.41) is 3.84. The molecule has 0 bridgehead atoms. The quantitative estimate of drug-likeness (QED) is 0.834. The van der Waals surface area contributed by atoms with Crippen molar-refractivity contribution in [3.63, 3.8) is 0 Å². The van der Waals surface area contributed by atoms with Gasteiger partial charge in [-0.15, -0.1) is 11.6 Å². The molecule has 0 aliphatic heterocycles. The first kappa shape index (κ1) is 13.6. The first-order chi connectivity index (χ1) is 8.78. The van der Waals surface area contributed by atoms with Crippen LogP contribution in [0.2, 0.25) is 0 Å². The molecule has 0 radical (unpaired) electrons. The third-order valence-corrected chi connectivity index (χ3v) is 3.84. The number of ether oxygens (including phenoxy) is 1. The van der Waals surface area contributed by atoms with Gasteiger partial charge in [-0.1, -0.05) is 12.5 Å². The zero-order valence-electron chi connectivity index (χ0n) is 10.9. The van der Waals surface area contributed by atoms with Gasteiger partial charge in [-0.2, -0.15) is 0 Å². The molecule has 1 N–H and O–H groups in total. The molecule has 1 aliphatic carbocycles. The lowest BCUT2D eigenvalue weighted by atomic mass is 9.89. The summed E-state index contributed by atoms with van der Waals surface area (Å²) in [5.41, 5.74) is 1.02. The van der Waals surface area contributed by atoms with Crippen LogP contribution in [-0.2, 0) is 6.54 Å². The van der Waals surface area contributed by atoms with Crippen molar-refractivity contribution in [3.8, 4) is 5.88 Å². The summed E-state index contributed by atoms with van der Waals surface area (Å²) in [7, 11) is 1.64. The molecule has 100 valence electrons. The van der Waals surface area contributed by atoms with Crippen LogP contribution in [0.4, 0.5) is 0 Å². The SMILES string of the molecule is COc1cccc(CNCC2CCCC(Cl)C2)n1. The molecule has 0 amide bonds. The second-order valence-electron chi connectivity index (χ2n) is 4.93. The molecule has 18 heavy (non-hydrogen) atoms. The van der Waals surface area contributed by atoms with Gasteiger partial charge >= 0.3 is 0 Å². The van der Waals surface area contributed by atoms with Gasteiger partial charge in [-0.25, -0.2) is 4.98 Å². The summed E-state index contributed by atoms with van der Waals surface area (Å²) in [6.45, 7) is 1.82. The highest BCUT2D eigenvalue weighted by Crippen LogP contribution is 2.27. The third kappa shape index (κ3) is 4.14. The van der Waals surface area contributed by atoms with Gasteiger partial charge in [0.2, 0.25) is 5.88 Å². The molecule has 2 unspecified atom stereocenters. The summed E-state index contributed by atoms with van der Waals surface area (Å²) < 4.78 is 5.11. The Morgan fingerprint density at radius 1 is 1.44 bits per heavy atom. The van der Waals surface area contributed by atoms with E-state index in [1.807, 2.05) is 18.2 Å². The van der Waals surface area contributed by atoms with Gasteiger partial charge in [0.1, 0.15) is 0 Å². The highest BCUT2D eigenvalue weighted by atomic mass is 35.5. The van der Waals surface area contributed by atoms with E-state index in [2.05, 4.69) is 10.3 Å². The molecule has 0 saturated heterocycles. The predicted octanol–water partition coefficient (Wildman–Crippen LogP) is 2.98. The average molecular weight is 269 g/mol. The van der Waals surface area contributed by atoms with Crippen LogP contribution in [0.1, 0.15) is 31.4 Å². The van der Waals surface area contributed by atoms with E-state index in [0.29, 0.717) is 17.2 Å².